The Bertz CT molecular complexity index is 627. The van der Waals surface area contributed by atoms with Crippen molar-refractivity contribution in [1.29, 1.82) is 0 Å². The molecule has 0 N–H and O–H groups in total. The van der Waals surface area contributed by atoms with E-state index in [0.717, 1.165) is 17.7 Å². The van der Waals surface area contributed by atoms with Crippen LogP contribution < -0.4 is 4.74 Å². The van der Waals surface area contributed by atoms with Crippen molar-refractivity contribution in [3.8, 4) is 5.75 Å². The molecule has 0 aliphatic rings. The second kappa shape index (κ2) is 8.03. The predicted molar refractivity (Wildman–Crippen MR) is 87.0 cm³/mol. The summed E-state index contributed by atoms with van der Waals surface area (Å²) >= 11 is 0. The van der Waals surface area contributed by atoms with Crippen molar-refractivity contribution in [3.63, 3.8) is 0 Å². The Balaban J connectivity index is 1.89. The van der Waals surface area contributed by atoms with Crippen LogP contribution in [0.4, 0.5) is 0 Å². The first-order valence-electron chi connectivity index (χ1n) is 7.18. The standard InChI is InChI=1S/C19H20O3/c1-15(12-19(20)21-2)14-22-18-10-8-17(9-11-18)13-16-6-4-3-5-7-16/h3-12H,13-14H2,1-2H3. The highest BCUT2D eigenvalue weighted by Gasteiger charge is 2.00. The van der Waals surface area contributed by atoms with E-state index < -0.39 is 0 Å². The van der Waals surface area contributed by atoms with Crippen molar-refractivity contribution in [1.82, 2.24) is 0 Å². The molecule has 0 amide bonds. The monoisotopic (exact) mass is 296 g/mol. The molecule has 0 bridgehead atoms. The van der Waals surface area contributed by atoms with Crippen LogP contribution in [0.15, 0.2) is 66.2 Å². The SMILES string of the molecule is COC(=O)C=C(C)COc1ccc(Cc2ccccc2)cc1. The highest BCUT2D eigenvalue weighted by atomic mass is 16.5. The van der Waals surface area contributed by atoms with E-state index in [2.05, 4.69) is 29.0 Å². The minimum atomic E-state index is -0.362. The molecule has 3 heteroatoms. The molecule has 2 aromatic carbocycles. The smallest absolute Gasteiger partial charge is 0.330 e. The van der Waals surface area contributed by atoms with Crippen molar-refractivity contribution in [2.45, 2.75) is 13.3 Å². The molecule has 0 unspecified atom stereocenters. The molecule has 22 heavy (non-hydrogen) atoms. The number of rotatable bonds is 6. The van der Waals surface area contributed by atoms with Gasteiger partial charge in [0, 0.05) is 6.08 Å². The van der Waals surface area contributed by atoms with Crippen LogP contribution in [0, 0.1) is 0 Å². The number of carbonyl (C=O) groups excluding carboxylic acids is 1. The summed E-state index contributed by atoms with van der Waals surface area (Å²) in [5.41, 5.74) is 3.34. The summed E-state index contributed by atoms with van der Waals surface area (Å²) in [4.78, 5) is 11.1. The topological polar surface area (TPSA) is 35.5 Å². The van der Waals surface area contributed by atoms with Gasteiger partial charge >= 0.3 is 5.97 Å². The van der Waals surface area contributed by atoms with Gasteiger partial charge in [0.05, 0.1) is 7.11 Å². The number of benzene rings is 2. The van der Waals surface area contributed by atoms with Crippen LogP contribution in [-0.4, -0.2) is 19.7 Å². The minimum Gasteiger partial charge on any atom is -0.489 e. The first-order chi connectivity index (χ1) is 10.7. The molecule has 0 heterocycles. The Morgan fingerprint density at radius 2 is 1.64 bits per heavy atom. The number of carbonyl (C=O) groups is 1. The van der Waals surface area contributed by atoms with Crippen molar-refractivity contribution in [2.24, 2.45) is 0 Å². The number of esters is 1. The van der Waals surface area contributed by atoms with Crippen LogP contribution in [0.3, 0.4) is 0 Å². The fourth-order valence-corrected chi connectivity index (χ4v) is 2.03. The van der Waals surface area contributed by atoms with Crippen molar-refractivity contribution in [2.75, 3.05) is 13.7 Å². The van der Waals surface area contributed by atoms with Gasteiger partial charge in [-0.1, -0.05) is 42.5 Å². The van der Waals surface area contributed by atoms with E-state index in [9.17, 15) is 4.79 Å². The van der Waals surface area contributed by atoms with Gasteiger partial charge in [0.1, 0.15) is 12.4 Å². The van der Waals surface area contributed by atoms with Crippen molar-refractivity contribution >= 4 is 5.97 Å². The summed E-state index contributed by atoms with van der Waals surface area (Å²) in [6, 6.07) is 18.4. The van der Waals surface area contributed by atoms with Gasteiger partial charge in [-0.15, -0.1) is 0 Å². The highest BCUT2D eigenvalue weighted by Crippen LogP contribution is 2.16. The predicted octanol–water partition coefficient (Wildman–Crippen LogP) is 3.78. The van der Waals surface area contributed by atoms with Gasteiger partial charge in [0.2, 0.25) is 0 Å². The zero-order valence-corrected chi connectivity index (χ0v) is 12.9. The van der Waals surface area contributed by atoms with Gasteiger partial charge in [0.15, 0.2) is 0 Å². The average molecular weight is 296 g/mol. The fraction of sp³-hybridized carbons (Fsp3) is 0.211. The maximum atomic E-state index is 11.1. The molecular weight excluding hydrogens is 276 g/mol. The van der Waals surface area contributed by atoms with E-state index in [4.69, 9.17) is 4.74 Å². The first kappa shape index (κ1) is 15.8. The summed E-state index contributed by atoms with van der Waals surface area (Å²) < 4.78 is 10.2. The molecule has 3 nitrogen and oxygen atoms in total. The third-order valence-corrected chi connectivity index (χ3v) is 3.21. The molecule has 2 aromatic rings. The zero-order valence-electron chi connectivity index (χ0n) is 12.9. The summed E-state index contributed by atoms with van der Waals surface area (Å²) in [7, 11) is 1.36. The maximum Gasteiger partial charge on any atom is 0.330 e. The summed E-state index contributed by atoms with van der Waals surface area (Å²) in [6.07, 6.45) is 2.34. The van der Waals surface area contributed by atoms with Crippen LogP contribution in [-0.2, 0) is 16.0 Å². The van der Waals surface area contributed by atoms with Gasteiger partial charge in [-0.05, 0) is 42.2 Å². The first-order valence-corrected chi connectivity index (χ1v) is 7.18. The van der Waals surface area contributed by atoms with Crippen LogP contribution in [0.5, 0.6) is 5.75 Å². The maximum absolute atomic E-state index is 11.1. The van der Waals surface area contributed by atoms with E-state index in [1.54, 1.807) is 0 Å². The third kappa shape index (κ3) is 5.09. The van der Waals surface area contributed by atoms with Gasteiger partial charge in [0.25, 0.3) is 0 Å². The largest absolute Gasteiger partial charge is 0.489 e. The number of hydrogen-bond donors (Lipinski definition) is 0. The summed E-state index contributed by atoms with van der Waals surface area (Å²) in [6.45, 7) is 2.20. The molecular formula is C19H20O3. The normalized spacial score (nSPS) is 11.1. The van der Waals surface area contributed by atoms with E-state index in [0.29, 0.717) is 6.61 Å². The van der Waals surface area contributed by atoms with Gasteiger partial charge in [-0.25, -0.2) is 4.79 Å². The molecule has 0 radical (unpaired) electrons. The number of hydrogen-bond acceptors (Lipinski definition) is 3. The molecule has 2 rings (SSSR count). The molecule has 0 spiro atoms. The molecule has 0 atom stereocenters. The van der Waals surface area contributed by atoms with E-state index in [-0.39, 0.29) is 5.97 Å². The van der Waals surface area contributed by atoms with E-state index >= 15 is 0 Å². The Hall–Kier alpha value is -2.55. The second-order valence-corrected chi connectivity index (χ2v) is 5.11. The molecule has 0 aliphatic heterocycles. The Morgan fingerprint density at radius 1 is 1.00 bits per heavy atom. The fourth-order valence-electron chi connectivity index (χ4n) is 2.03. The van der Waals surface area contributed by atoms with Gasteiger partial charge in [-0.3, -0.25) is 0 Å². The lowest BCUT2D eigenvalue weighted by atomic mass is 10.1. The van der Waals surface area contributed by atoms with E-state index in [1.807, 2.05) is 37.3 Å². The lowest BCUT2D eigenvalue weighted by molar-refractivity contribution is -0.134. The molecule has 0 fully saturated rings. The van der Waals surface area contributed by atoms with Crippen molar-refractivity contribution in [3.05, 3.63) is 77.4 Å². The summed E-state index contributed by atoms with van der Waals surface area (Å²) in [5, 5.41) is 0. The van der Waals surface area contributed by atoms with Crippen molar-refractivity contribution < 1.29 is 14.3 Å². The zero-order chi connectivity index (χ0) is 15.8. The van der Waals surface area contributed by atoms with Gasteiger partial charge in [-0.2, -0.15) is 0 Å². The lowest BCUT2D eigenvalue weighted by Gasteiger charge is -2.08. The highest BCUT2D eigenvalue weighted by molar-refractivity contribution is 5.82. The molecule has 114 valence electrons. The molecule has 0 aromatic heterocycles. The van der Waals surface area contributed by atoms with Crippen LogP contribution >= 0.6 is 0 Å². The van der Waals surface area contributed by atoms with Crippen LogP contribution in [0.25, 0.3) is 0 Å². The Morgan fingerprint density at radius 3 is 2.27 bits per heavy atom. The van der Waals surface area contributed by atoms with Gasteiger partial charge < -0.3 is 9.47 Å². The molecule has 0 aliphatic carbocycles. The summed E-state index contributed by atoms with van der Waals surface area (Å²) in [5.74, 6) is 0.425. The molecule has 0 saturated heterocycles. The van der Waals surface area contributed by atoms with Crippen LogP contribution in [0.1, 0.15) is 18.1 Å². The minimum absolute atomic E-state index is 0.362. The van der Waals surface area contributed by atoms with Crippen LogP contribution in [0.2, 0.25) is 0 Å². The second-order valence-electron chi connectivity index (χ2n) is 5.11. The molecule has 0 saturated carbocycles. The Labute approximate surface area is 131 Å². The Kier molecular flexibility index (Phi) is 5.78. The number of ether oxygens (including phenoxy) is 2. The quantitative estimate of drug-likeness (QED) is 0.601. The average Bonchev–Trinajstić information content (AvgIpc) is 2.55. The third-order valence-electron chi connectivity index (χ3n) is 3.21. The number of methoxy groups -OCH3 is 1. The van der Waals surface area contributed by atoms with E-state index in [1.165, 1.54) is 24.3 Å². The lowest BCUT2D eigenvalue weighted by Crippen LogP contribution is -2.03.